The standard InChI is InChI=1S/C16H27ClN2O/c1-12(2)6-5-7-20-16-8-14(15(17)11-19-16)10-18-9-13(3)4/h8,11-13,18H,5-7,9-10H2,1-4H3. The van der Waals surface area contributed by atoms with Crippen molar-refractivity contribution in [3.8, 4) is 5.88 Å². The fraction of sp³-hybridized carbons (Fsp3) is 0.688. The third-order valence-corrected chi connectivity index (χ3v) is 3.29. The average Bonchev–Trinajstić information content (AvgIpc) is 2.37. The first-order chi connectivity index (χ1) is 9.49. The first-order valence-electron chi connectivity index (χ1n) is 7.47. The molecule has 0 aliphatic carbocycles. The van der Waals surface area contributed by atoms with E-state index in [4.69, 9.17) is 16.3 Å². The van der Waals surface area contributed by atoms with Crippen molar-refractivity contribution < 1.29 is 4.74 Å². The van der Waals surface area contributed by atoms with E-state index in [1.54, 1.807) is 6.20 Å². The number of nitrogens with one attached hydrogen (secondary N) is 1. The highest BCUT2D eigenvalue weighted by Crippen LogP contribution is 2.19. The molecule has 0 unspecified atom stereocenters. The molecule has 0 amide bonds. The van der Waals surface area contributed by atoms with Crippen molar-refractivity contribution in [3.63, 3.8) is 0 Å². The van der Waals surface area contributed by atoms with E-state index >= 15 is 0 Å². The minimum Gasteiger partial charge on any atom is -0.478 e. The number of halogens is 1. The van der Waals surface area contributed by atoms with Crippen LogP contribution in [0.1, 0.15) is 46.1 Å². The van der Waals surface area contributed by atoms with Crippen LogP contribution in [0.4, 0.5) is 0 Å². The van der Waals surface area contributed by atoms with Crippen LogP contribution < -0.4 is 10.1 Å². The van der Waals surface area contributed by atoms with E-state index in [1.807, 2.05) is 6.07 Å². The molecule has 0 aromatic carbocycles. The van der Waals surface area contributed by atoms with Crippen LogP contribution in [0.15, 0.2) is 12.3 Å². The van der Waals surface area contributed by atoms with Crippen LogP contribution in [0.5, 0.6) is 5.88 Å². The van der Waals surface area contributed by atoms with Gasteiger partial charge in [0.1, 0.15) is 0 Å². The Morgan fingerprint density at radius 3 is 2.65 bits per heavy atom. The highest BCUT2D eigenvalue weighted by atomic mass is 35.5. The first kappa shape index (κ1) is 17.3. The molecule has 4 heteroatoms. The molecule has 0 aliphatic rings. The largest absolute Gasteiger partial charge is 0.478 e. The SMILES string of the molecule is CC(C)CCCOc1cc(CNCC(C)C)c(Cl)cn1. The predicted molar refractivity (Wildman–Crippen MR) is 85.4 cm³/mol. The van der Waals surface area contributed by atoms with Crippen LogP contribution in [0.3, 0.4) is 0 Å². The topological polar surface area (TPSA) is 34.1 Å². The molecule has 1 aromatic heterocycles. The minimum absolute atomic E-state index is 0.627. The van der Waals surface area contributed by atoms with E-state index in [0.29, 0.717) is 29.3 Å². The lowest BCUT2D eigenvalue weighted by molar-refractivity contribution is 0.287. The highest BCUT2D eigenvalue weighted by Gasteiger charge is 2.05. The Labute approximate surface area is 128 Å². The van der Waals surface area contributed by atoms with E-state index in [0.717, 1.165) is 25.1 Å². The summed E-state index contributed by atoms with van der Waals surface area (Å²) < 4.78 is 5.68. The van der Waals surface area contributed by atoms with Gasteiger partial charge in [-0.15, -0.1) is 0 Å². The van der Waals surface area contributed by atoms with E-state index in [-0.39, 0.29) is 0 Å². The molecule has 0 atom stereocenters. The molecule has 1 heterocycles. The van der Waals surface area contributed by atoms with E-state index in [1.165, 1.54) is 6.42 Å². The van der Waals surface area contributed by atoms with Crippen molar-refractivity contribution in [1.29, 1.82) is 0 Å². The summed E-state index contributed by atoms with van der Waals surface area (Å²) in [6.45, 7) is 11.3. The van der Waals surface area contributed by atoms with Crippen molar-refractivity contribution in [1.82, 2.24) is 10.3 Å². The molecule has 0 saturated heterocycles. The lowest BCUT2D eigenvalue weighted by Crippen LogP contribution is -2.19. The maximum Gasteiger partial charge on any atom is 0.213 e. The molecular formula is C16H27ClN2O. The third-order valence-electron chi connectivity index (χ3n) is 2.95. The molecular weight excluding hydrogens is 272 g/mol. The molecule has 1 N–H and O–H groups in total. The maximum atomic E-state index is 6.16. The van der Waals surface area contributed by atoms with Gasteiger partial charge in [0.05, 0.1) is 11.6 Å². The van der Waals surface area contributed by atoms with Gasteiger partial charge < -0.3 is 10.1 Å². The van der Waals surface area contributed by atoms with Gasteiger partial charge in [-0.25, -0.2) is 4.98 Å². The fourth-order valence-corrected chi connectivity index (χ4v) is 2.01. The van der Waals surface area contributed by atoms with Crippen LogP contribution >= 0.6 is 11.6 Å². The van der Waals surface area contributed by atoms with E-state index in [9.17, 15) is 0 Å². The normalized spacial score (nSPS) is 11.3. The van der Waals surface area contributed by atoms with Crippen molar-refractivity contribution >= 4 is 11.6 Å². The second-order valence-electron chi connectivity index (χ2n) is 6.02. The summed E-state index contributed by atoms with van der Waals surface area (Å²) in [6, 6.07) is 1.94. The quantitative estimate of drug-likeness (QED) is 0.690. The van der Waals surface area contributed by atoms with Gasteiger partial charge in [-0.2, -0.15) is 0 Å². The predicted octanol–water partition coefficient (Wildman–Crippen LogP) is 4.30. The number of hydrogen-bond donors (Lipinski definition) is 1. The third kappa shape index (κ3) is 7.11. The van der Waals surface area contributed by atoms with Gasteiger partial charge in [0, 0.05) is 18.8 Å². The number of ether oxygens (including phenoxy) is 1. The van der Waals surface area contributed by atoms with Crippen LogP contribution in [-0.4, -0.2) is 18.1 Å². The Bertz CT molecular complexity index is 394. The Morgan fingerprint density at radius 2 is 2.00 bits per heavy atom. The Hall–Kier alpha value is -0.800. The zero-order valence-corrected chi connectivity index (χ0v) is 13.8. The Kier molecular flexibility index (Phi) is 7.93. The lowest BCUT2D eigenvalue weighted by atomic mass is 10.1. The second-order valence-corrected chi connectivity index (χ2v) is 6.43. The summed E-state index contributed by atoms with van der Waals surface area (Å²) in [4.78, 5) is 4.22. The molecule has 20 heavy (non-hydrogen) atoms. The fourth-order valence-electron chi connectivity index (χ4n) is 1.84. The van der Waals surface area contributed by atoms with Gasteiger partial charge in [-0.3, -0.25) is 0 Å². The average molecular weight is 299 g/mol. The molecule has 114 valence electrons. The number of hydrogen-bond acceptors (Lipinski definition) is 3. The monoisotopic (exact) mass is 298 g/mol. The Balaban J connectivity index is 2.44. The van der Waals surface area contributed by atoms with Gasteiger partial charge in [0.25, 0.3) is 0 Å². The maximum absolute atomic E-state index is 6.16. The van der Waals surface area contributed by atoms with Crippen molar-refractivity contribution in [2.75, 3.05) is 13.2 Å². The number of pyridine rings is 1. The van der Waals surface area contributed by atoms with Gasteiger partial charge in [-0.05, 0) is 36.8 Å². The van der Waals surface area contributed by atoms with Gasteiger partial charge in [0.15, 0.2) is 0 Å². The van der Waals surface area contributed by atoms with Crippen LogP contribution in [0, 0.1) is 11.8 Å². The van der Waals surface area contributed by atoms with Gasteiger partial charge in [0.2, 0.25) is 5.88 Å². The number of rotatable bonds is 9. The first-order valence-corrected chi connectivity index (χ1v) is 7.84. The molecule has 0 aliphatic heterocycles. The summed E-state index contributed by atoms with van der Waals surface area (Å²) in [5, 5.41) is 4.07. The van der Waals surface area contributed by atoms with Gasteiger partial charge in [-0.1, -0.05) is 39.3 Å². The van der Waals surface area contributed by atoms with Crippen molar-refractivity contribution in [2.24, 2.45) is 11.8 Å². The minimum atomic E-state index is 0.627. The summed E-state index contributed by atoms with van der Waals surface area (Å²) in [5.74, 6) is 2.01. The second kappa shape index (κ2) is 9.19. The van der Waals surface area contributed by atoms with Crippen LogP contribution in [0.25, 0.3) is 0 Å². The van der Waals surface area contributed by atoms with Crippen LogP contribution in [0.2, 0.25) is 5.02 Å². The lowest BCUT2D eigenvalue weighted by Gasteiger charge is -2.11. The Morgan fingerprint density at radius 1 is 1.25 bits per heavy atom. The summed E-state index contributed by atoms with van der Waals surface area (Å²) in [7, 11) is 0. The van der Waals surface area contributed by atoms with Gasteiger partial charge >= 0.3 is 0 Å². The summed E-state index contributed by atoms with van der Waals surface area (Å²) in [6.07, 6.45) is 3.91. The molecule has 0 saturated carbocycles. The molecule has 1 aromatic rings. The number of aromatic nitrogens is 1. The van der Waals surface area contributed by atoms with E-state index in [2.05, 4.69) is 38.0 Å². The molecule has 0 bridgehead atoms. The molecule has 3 nitrogen and oxygen atoms in total. The summed E-state index contributed by atoms with van der Waals surface area (Å²) >= 11 is 6.16. The zero-order chi connectivity index (χ0) is 15.0. The van der Waals surface area contributed by atoms with Crippen molar-refractivity contribution in [3.05, 3.63) is 22.8 Å². The zero-order valence-electron chi connectivity index (χ0n) is 13.1. The van der Waals surface area contributed by atoms with E-state index < -0.39 is 0 Å². The smallest absolute Gasteiger partial charge is 0.213 e. The molecule has 0 fully saturated rings. The molecule has 1 rings (SSSR count). The number of nitrogens with zero attached hydrogens (tertiary/aromatic N) is 1. The molecule has 0 spiro atoms. The molecule has 0 radical (unpaired) electrons. The summed E-state index contributed by atoms with van der Waals surface area (Å²) in [5.41, 5.74) is 1.04. The van der Waals surface area contributed by atoms with Crippen molar-refractivity contribution in [2.45, 2.75) is 47.1 Å². The van der Waals surface area contributed by atoms with Crippen LogP contribution in [-0.2, 0) is 6.54 Å². The highest BCUT2D eigenvalue weighted by molar-refractivity contribution is 6.31.